The van der Waals surface area contributed by atoms with Gasteiger partial charge in [0.15, 0.2) is 0 Å². The van der Waals surface area contributed by atoms with Crippen LogP contribution in [-0.2, 0) is 4.79 Å². The van der Waals surface area contributed by atoms with Gasteiger partial charge in [0.2, 0.25) is 6.08 Å². The summed E-state index contributed by atoms with van der Waals surface area (Å²) in [7, 11) is 0. The predicted octanol–water partition coefficient (Wildman–Crippen LogP) is 0.0321. The first kappa shape index (κ1) is 9.43. The number of carbonyl (C=O) groups excluding carboxylic acids is 1. The van der Waals surface area contributed by atoms with Crippen LogP contribution in [0.2, 0.25) is 0 Å². The molecule has 0 saturated heterocycles. The topological polar surface area (TPSA) is 66.9 Å². The molecule has 0 aliphatic carbocycles. The molecule has 0 fully saturated rings. The van der Waals surface area contributed by atoms with Crippen LogP contribution in [0.4, 0.5) is 0 Å². The van der Waals surface area contributed by atoms with E-state index in [-0.39, 0.29) is 0 Å². The van der Waals surface area contributed by atoms with Crippen LogP contribution in [0.5, 0.6) is 0 Å². The molecule has 3 nitrogen and oxygen atoms in total. The Balaban J connectivity index is 0. The monoisotopic (exact) mass is 100 g/mol. The molecule has 0 aliphatic heterocycles. The molecule has 0 bridgehead atoms. The van der Waals surface area contributed by atoms with Gasteiger partial charge in [-0.2, -0.15) is 0 Å². The lowest BCUT2D eigenvalue weighted by Gasteiger charge is -1.61. The molecule has 0 saturated carbocycles. The number of isocyanates is 1. The van der Waals surface area contributed by atoms with Gasteiger partial charge >= 0.3 is 0 Å². The van der Waals surface area contributed by atoms with Gasteiger partial charge in [0.25, 0.3) is 0 Å². The molecule has 3 N–H and O–H groups in total. The van der Waals surface area contributed by atoms with E-state index in [1.54, 1.807) is 6.08 Å². The highest BCUT2D eigenvalue weighted by atomic mass is 16.1. The van der Waals surface area contributed by atoms with Gasteiger partial charge in [0.1, 0.15) is 0 Å². The molecule has 40 valence electrons. The normalized spacial score (nSPS) is 4.71. The molecule has 0 amide bonds. The third-order valence-electron chi connectivity index (χ3n) is 0.167. The van der Waals surface area contributed by atoms with Crippen LogP contribution in [-0.4, -0.2) is 12.6 Å². The van der Waals surface area contributed by atoms with E-state index < -0.39 is 0 Å². The number of nitrogens with one attached hydrogen (secondary N) is 1. The second kappa shape index (κ2) is 19.5. The molecular formula is C4H8N2O. The van der Waals surface area contributed by atoms with Crippen molar-refractivity contribution in [3.05, 3.63) is 12.7 Å². The Labute approximate surface area is 42.3 Å². The second-order valence-corrected chi connectivity index (χ2v) is 0.626. The predicted molar refractivity (Wildman–Crippen MR) is 27.7 cm³/mol. The van der Waals surface area contributed by atoms with Gasteiger partial charge in [-0.15, -0.1) is 6.58 Å². The minimum atomic E-state index is 0.583. The van der Waals surface area contributed by atoms with E-state index in [9.17, 15) is 0 Å². The first-order chi connectivity index (χ1) is 3.33. The van der Waals surface area contributed by atoms with Crippen molar-refractivity contribution in [1.82, 2.24) is 0 Å². The zero-order valence-electron chi connectivity index (χ0n) is 3.98. The molecule has 0 radical (unpaired) electrons. The van der Waals surface area contributed by atoms with Crippen LogP contribution in [0.3, 0.4) is 0 Å². The highest BCUT2D eigenvalue weighted by Gasteiger charge is 1.43. The first-order valence-electron chi connectivity index (χ1n) is 1.68. The second-order valence-electron chi connectivity index (χ2n) is 0.626. The van der Waals surface area contributed by atoms with Crippen LogP contribution in [0.15, 0.2) is 12.7 Å². The lowest BCUT2D eigenvalue weighted by molar-refractivity contribution is 0.563. The Morgan fingerprint density at radius 1 is 2.00 bits per heavy atom. The van der Waals surface area contributed by atoms with E-state index in [1.165, 1.54) is 0 Å². The molecule has 0 rings (SSSR count). The smallest absolute Gasteiger partial charge is 0.231 e. The first-order valence-corrected chi connectivity index (χ1v) is 1.68. The molecule has 0 aromatic carbocycles. The van der Waals surface area contributed by atoms with Crippen LogP contribution in [0.1, 0.15) is 0 Å². The summed E-state index contributed by atoms with van der Waals surface area (Å²) in [5.74, 6) is 0. The summed E-state index contributed by atoms with van der Waals surface area (Å²) in [5.41, 5.74) is 4.91. The summed E-state index contributed by atoms with van der Waals surface area (Å²) in [6.45, 7) is 3.94. The van der Waals surface area contributed by atoms with E-state index in [0.29, 0.717) is 6.54 Å². The standard InChI is InChI=1S/C3H7N.CHNO/c1-2-3-4;2-1-3/h2H,1,3-4H2;2H. The zero-order chi connectivity index (χ0) is 6.12. The average molecular weight is 100 g/mol. The highest BCUT2D eigenvalue weighted by Crippen LogP contribution is 1.40. The van der Waals surface area contributed by atoms with Crippen molar-refractivity contribution in [2.45, 2.75) is 0 Å². The molecule has 0 heterocycles. The van der Waals surface area contributed by atoms with E-state index in [0.717, 1.165) is 6.08 Å². The van der Waals surface area contributed by atoms with Crippen LogP contribution >= 0.6 is 0 Å². The number of rotatable bonds is 1. The largest absolute Gasteiger partial charge is 0.327 e. The van der Waals surface area contributed by atoms with Crippen molar-refractivity contribution in [2.75, 3.05) is 6.54 Å². The van der Waals surface area contributed by atoms with E-state index in [4.69, 9.17) is 15.9 Å². The molecule has 0 aliphatic rings. The molecule has 0 aromatic heterocycles. The van der Waals surface area contributed by atoms with E-state index in [1.807, 2.05) is 0 Å². The van der Waals surface area contributed by atoms with Crippen molar-refractivity contribution in [2.24, 2.45) is 5.73 Å². The molecule has 3 heteroatoms. The van der Waals surface area contributed by atoms with Crippen LogP contribution in [0, 0.1) is 5.41 Å². The molecule has 0 unspecified atom stereocenters. The third kappa shape index (κ3) is 7530. The molecule has 0 atom stereocenters. The van der Waals surface area contributed by atoms with Gasteiger partial charge in [-0.05, 0) is 0 Å². The average Bonchev–Trinajstić information content (AvgIpc) is 1.69. The fourth-order valence-electron chi connectivity index (χ4n) is 0. The van der Waals surface area contributed by atoms with Gasteiger partial charge in [0.05, 0.1) is 0 Å². The van der Waals surface area contributed by atoms with Crippen LogP contribution in [0.25, 0.3) is 0 Å². The summed E-state index contributed by atoms with van der Waals surface area (Å²) in [4.78, 5) is 8.35. The van der Waals surface area contributed by atoms with Gasteiger partial charge in [-0.25, -0.2) is 10.2 Å². The minimum absolute atomic E-state index is 0.583. The van der Waals surface area contributed by atoms with Gasteiger partial charge in [0, 0.05) is 6.54 Å². The molecule has 0 aromatic rings. The summed E-state index contributed by atoms with van der Waals surface area (Å²) >= 11 is 0. The van der Waals surface area contributed by atoms with Crippen molar-refractivity contribution >= 4 is 6.08 Å². The van der Waals surface area contributed by atoms with E-state index >= 15 is 0 Å². The lowest BCUT2D eigenvalue weighted by Crippen LogP contribution is -1.90. The van der Waals surface area contributed by atoms with Gasteiger partial charge < -0.3 is 5.73 Å². The highest BCUT2D eigenvalue weighted by molar-refractivity contribution is 5.26. The Morgan fingerprint density at radius 3 is 2.14 bits per heavy atom. The molecular weight excluding hydrogens is 92.1 g/mol. The Hall–Kier alpha value is -0.920. The fraction of sp³-hybridized carbons (Fsp3) is 0.250. The summed E-state index contributed by atoms with van der Waals surface area (Å²) in [6, 6.07) is 0. The van der Waals surface area contributed by atoms with Gasteiger partial charge in [-0.3, -0.25) is 0 Å². The summed E-state index contributed by atoms with van der Waals surface area (Å²) in [5, 5.41) is 5.40. The number of hydrogen-bond donors (Lipinski definition) is 2. The van der Waals surface area contributed by atoms with Crippen molar-refractivity contribution < 1.29 is 4.79 Å². The van der Waals surface area contributed by atoms with Crippen molar-refractivity contribution in [3.63, 3.8) is 0 Å². The fourth-order valence-corrected chi connectivity index (χ4v) is 0. The molecule has 7 heavy (non-hydrogen) atoms. The molecule has 0 spiro atoms. The Morgan fingerprint density at radius 2 is 2.14 bits per heavy atom. The SMILES string of the molecule is C=CCN.N=C=O. The third-order valence-corrected chi connectivity index (χ3v) is 0.167. The zero-order valence-corrected chi connectivity index (χ0v) is 3.98. The van der Waals surface area contributed by atoms with Crippen LogP contribution < -0.4 is 5.73 Å². The maximum atomic E-state index is 8.35. The lowest BCUT2D eigenvalue weighted by atomic mass is 10.7. The summed E-state index contributed by atoms with van der Waals surface area (Å²) < 4.78 is 0. The van der Waals surface area contributed by atoms with E-state index in [2.05, 4.69) is 6.58 Å². The minimum Gasteiger partial charge on any atom is -0.327 e. The quantitative estimate of drug-likeness (QED) is 0.277. The van der Waals surface area contributed by atoms with Crippen molar-refractivity contribution in [1.29, 1.82) is 5.41 Å². The summed E-state index contributed by atoms with van der Waals surface area (Å²) in [6.07, 6.45) is 2.40. The Bertz CT molecular complexity index is 64.1. The number of nitrogens with two attached hydrogens (primary N) is 1. The number of hydrogen-bond acceptors (Lipinski definition) is 3. The van der Waals surface area contributed by atoms with Gasteiger partial charge in [-0.1, -0.05) is 6.08 Å². The maximum Gasteiger partial charge on any atom is 0.231 e. The van der Waals surface area contributed by atoms with Crippen molar-refractivity contribution in [3.8, 4) is 0 Å². The Kier molecular flexibility index (Phi) is 26.3. The maximum absolute atomic E-state index is 8.35.